The number of aromatic nitrogens is 2. The van der Waals surface area contributed by atoms with Crippen molar-refractivity contribution in [2.75, 3.05) is 6.54 Å². The van der Waals surface area contributed by atoms with Gasteiger partial charge in [-0.3, -0.25) is 9.47 Å². The van der Waals surface area contributed by atoms with Crippen molar-refractivity contribution < 1.29 is 4.42 Å². The smallest absolute Gasteiger partial charge is 0.408 e. The highest BCUT2D eigenvalue weighted by atomic mass is 79.9. The molecule has 0 bridgehead atoms. The van der Waals surface area contributed by atoms with Gasteiger partial charge < -0.3 is 4.42 Å². The number of rotatable bonds is 3. The van der Waals surface area contributed by atoms with E-state index >= 15 is 0 Å². The first-order chi connectivity index (χ1) is 13.2. The molecule has 5 nitrogen and oxygen atoms in total. The van der Waals surface area contributed by atoms with E-state index in [1.54, 1.807) is 15.9 Å². The summed E-state index contributed by atoms with van der Waals surface area (Å²) in [6.45, 7) is 1.48. The zero-order chi connectivity index (χ0) is 18.4. The SMILES string of the molecule is O=c1oc2cc(Br)ccc2n1CN1CCCC[C@H]1c1nc2ccccc2s1. The number of para-hydroxylation sites is 1. The molecule has 0 unspecified atom stereocenters. The maximum absolute atomic E-state index is 12.4. The van der Waals surface area contributed by atoms with Crippen LogP contribution in [0, 0.1) is 0 Å². The first kappa shape index (κ1) is 17.2. The Labute approximate surface area is 168 Å². The Morgan fingerprint density at radius 3 is 3.00 bits per heavy atom. The molecule has 138 valence electrons. The molecule has 0 radical (unpaired) electrons. The van der Waals surface area contributed by atoms with Crippen LogP contribution in [0.5, 0.6) is 0 Å². The number of halogens is 1. The van der Waals surface area contributed by atoms with E-state index in [0.29, 0.717) is 12.3 Å². The third-order valence-corrected chi connectivity index (χ3v) is 6.79. The Kier molecular flexibility index (Phi) is 4.38. The molecule has 0 saturated carbocycles. The summed E-state index contributed by atoms with van der Waals surface area (Å²) >= 11 is 5.19. The lowest BCUT2D eigenvalue weighted by atomic mass is 10.0. The lowest BCUT2D eigenvalue weighted by Crippen LogP contribution is -2.37. The number of thiazole rings is 1. The number of nitrogens with zero attached hydrogens (tertiary/aromatic N) is 3. The monoisotopic (exact) mass is 443 g/mol. The fraction of sp³-hybridized carbons (Fsp3) is 0.300. The van der Waals surface area contributed by atoms with Crippen LogP contribution in [-0.2, 0) is 6.67 Å². The Morgan fingerprint density at radius 1 is 1.22 bits per heavy atom. The van der Waals surface area contributed by atoms with Crippen LogP contribution < -0.4 is 5.76 Å². The second kappa shape index (κ2) is 6.89. The van der Waals surface area contributed by atoms with E-state index < -0.39 is 0 Å². The summed E-state index contributed by atoms with van der Waals surface area (Å²) in [5, 5.41) is 1.14. The summed E-state index contributed by atoms with van der Waals surface area (Å²) in [5.74, 6) is -0.309. The molecule has 1 saturated heterocycles. The van der Waals surface area contributed by atoms with Crippen molar-refractivity contribution in [2.45, 2.75) is 32.0 Å². The first-order valence-electron chi connectivity index (χ1n) is 9.07. The van der Waals surface area contributed by atoms with E-state index in [2.05, 4.69) is 39.0 Å². The number of likely N-dealkylation sites (tertiary alicyclic amines) is 1. The Morgan fingerprint density at radius 2 is 2.11 bits per heavy atom. The normalized spacial score (nSPS) is 18.5. The van der Waals surface area contributed by atoms with Crippen LogP contribution in [0.25, 0.3) is 21.3 Å². The summed E-state index contributed by atoms with van der Waals surface area (Å²) in [5.41, 5.74) is 2.50. The fourth-order valence-electron chi connectivity index (χ4n) is 3.83. The lowest BCUT2D eigenvalue weighted by Gasteiger charge is -2.34. The summed E-state index contributed by atoms with van der Waals surface area (Å²) in [6.07, 6.45) is 3.39. The minimum atomic E-state index is -0.309. The molecule has 0 N–H and O–H groups in total. The first-order valence-corrected chi connectivity index (χ1v) is 10.7. The predicted molar refractivity (Wildman–Crippen MR) is 111 cm³/mol. The van der Waals surface area contributed by atoms with Gasteiger partial charge in [-0.1, -0.05) is 34.5 Å². The van der Waals surface area contributed by atoms with Crippen LogP contribution in [0.15, 0.2) is 56.1 Å². The van der Waals surface area contributed by atoms with Crippen molar-refractivity contribution in [1.29, 1.82) is 0 Å². The van der Waals surface area contributed by atoms with E-state index in [-0.39, 0.29) is 11.8 Å². The molecule has 4 aromatic rings. The predicted octanol–water partition coefficient (Wildman–Crippen LogP) is 5.15. The standard InChI is InChI=1S/C20H18BrN3O2S/c21-13-8-9-15-17(11-13)26-20(25)24(15)12-23-10-4-3-6-16(23)19-22-14-5-1-2-7-18(14)27-19/h1-2,5,7-9,11,16H,3-4,6,10,12H2/t16-/m0/s1. The van der Waals surface area contributed by atoms with Gasteiger partial charge in [0, 0.05) is 11.0 Å². The number of fused-ring (bicyclic) bond motifs is 2. The molecule has 1 aliphatic heterocycles. The Balaban J connectivity index is 1.51. The molecule has 1 aliphatic rings. The van der Waals surface area contributed by atoms with Crippen LogP contribution in [0.4, 0.5) is 0 Å². The summed E-state index contributed by atoms with van der Waals surface area (Å²) in [6, 6.07) is 14.2. The second-order valence-electron chi connectivity index (χ2n) is 6.89. The van der Waals surface area contributed by atoms with Gasteiger partial charge in [-0.15, -0.1) is 11.3 Å². The molecule has 27 heavy (non-hydrogen) atoms. The van der Waals surface area contributed by atoms with Gasteiger partial charge in [0.15, 0.2) is 5.58 Å². The molecule has 0 aliphatic carbocycles. The third kappa shape index (κ3) is 3.13. The van der Waals surface area contributed by atoms with Crippen LogP contribution in [0.2, 0.25) is 0 Å². The summed E-state index contributed by atoms with van der Waals surface area (Å²) in [4.78, 5) is 19.7. The molecule has 2 aromatic carbocycles. The average Bonchev–Trinajstić information content (AvgIpc) is 3.23. The number of hydrogen-bond donors (Lipinski definition) is 0. The molecule has 3 heterocycles. The lowest BCUT2D eigenvalue weighted by molar-refractivity contribution is 0.109. The Bertz CT molecular complexity index is 1150. The number of piperidine rings is 1. The zero-order valence-electron chi connectivity index (χ0n) is 14.6. The molecule has 1 fully saturated rings. The molecule has 1 atom stereocenters. The quantitative estimate of drug-likeness (QED) is 0.439. The minimum Gasteiger partial charge on any atom is -0.408 e. The average molecular weight is 444 g/mol. The van der Waals surface area contributed by atoms with Gasteiger partial charge in [-0.05, 0) is 43.2 Å². The van der Waals surface area contributed by atoms with Crippen molar-refractivity contribution in [1.82, 2.24) is 14.5 Å². The Hall–Kier alpha value is -1.96. The van der Waals surface area contributed by atoms with Gasteiger partial charge in [0.1, 0.15) is 5.01 Å². The van der Waals surface area contributed by atoms with E-state index in [1.165, 1.54) is 11.1 Å². The van der Waals surface area contributed by atoms with Crippen LogP contribution in [-0.4, -0.2) is 21.0 Å². The van der Waals surface area contributed by atoms with E-state index in [4.69, 9.17) is 9.40 Å². The van der Waals surface area contributed by atoms with Gasteiger partial charge >= 0.3 is 5.76 Å². The van der Waals surface area contributed by atoms with Gasteiger partial charge in [0.05, 0.1) is 28.4 Å². The van der Waals surface area contributed by atoms with Crippen LogP contribution >= 0.6 is 27.3 Å². The van der Waals surface area contributed by atoms with Crippen molar-refractivity contribution >= 4 is 48.6 Å². The molecular formula is C20H18BrN3O2S. The van der Waals surface area contributed by atoms with Gasteiger partial charge in [0.25, 0.3) is 0 Å². The van der Waals surface area contributed by atoms with Crippen molar-refractivity contribution in [3.63, 3.8) is 0 Å². The number of hydrogen-bond acceptors (Lipinski definition) is 5. The maximum Gasteiger partial charge on any atom is 0.421 e. The van der Waals surface area contributed by atoms with Crippen LogP contribution in [0.1, 0.15) is 30.3 Å². The van der Waals surface area contributed by atoms with E-state index in [1.807, 2.05) is 24.3 Å². The van der Waals surface area contributed by atoms with Crippen molar-refractivity contribution in [3.8, 4) is 0 Å². The van der Waals surface area contributed by atoms with Gasteiger partial charge in [-0.25, -0.2) is 9.78 Å². The number of benzene rings is 2. The molecule has 2 aromatic heterocycles. The molecule has 5 rings (SSSR count). The summed E-state index contributed by atoms with van der Waals surface area (Å²) in [7, 11) is 0. The zero-order valence-corrected chi connectivity index (χ0v) is 17.0. The summed E-state index contributed by atoms with van der Waals surface area (Å²) < 4.78 is 9.30. The highest BCUT2D eigenvalue weighted by Gasteiger charge is 2.28. The maximum atomic E-state index is 12.4. The molecule has 7 heteroatoms. The molecular weight excluding hydrogens is 426 g/mol. The fourth-order valence-corrected chi connectivity index (χ4v) is 5.31. The third-order valence-electron chi connectivity index (χ3n) is 5.16. The minimum absolute atomic E-state index is 0.239. The van der Waals surface area contributed by atoms with E-state index in [0.717, 1.165) is 39.9 Å². The number of oxazole rings is 1. The van der Waals surface area contributed by atoms with Gasteiger partial charge in [-0.2, -0.15) is 0 Å². The van der Waals surface area contributed by atoms with Crippen molar-refractivity contribution in [2.24, 2.45) is 0 Å². The molecule has 0 spiro atoms. The highest BCUT2D eigenvalue weighted by molar-refractivity contribution is 9.10. The largest absolute Gasteiger partial charge is 0.421 e. The van der Waals surface area contributed by atoms with Crippen molar-refractivity contribution in [3.05, 3.63) is 62.5 Å². The topological polar surface area (TPSA) is 51.3 Å². The van der Waals surface area contributed by atoms with E-state index in [9.17, 15) is 4.79 Å². The van der Waals surface area contributed by atoms with Gasteiger partial charge in [0.2, 0.25) is 0 Å². The second-order valence-corrected chi connectivity index (χ2v) is 8.87. The molecule has 0 amide bonds. The highest BCUT2D eigenvalue weighted by Crippen LogP contribution is 2.36. The van der Waals surface area contributed by atoms with Crippen LogP contribution in [0.3, 0.4) is 0 Å².